The van der Waals surface area contributed by atoms with Crippen molar-refractivity contribution in [3.63, 3.8) is 0 Å². The van der Waals surface area contributed by atoms with Crippen LogP contribution < -0.4 is 5.73 Å². The normalized spacial score (nSPS) is 10.4. The number of rotatable bonds is 1. The van der Waals surface area contributed by atoms with Crippen LogP contribution in [-0.2, 0) is 0 Å². The molecule has 0 atom stereocenters. The Morgan fingerprint density at radius 3 is 2.62 bits per heavy atom. The summed E-state index contributed by atoms with van der Waals surface area (Å²) in [6.07, 6.45) is 0. The van der Waals surface area contributed by atoms with E-state index in [0.717, 1.165) is 11.1 Å². The van der Waals surface area contributed by atoms with Gasteiger partial charge in [0, 0.05) is 16.3 Å². The zero-order valence-electron chi connectivity index (χ0n) is 8.80. The Kier molecular flexibility index (Phi) is 2.84. The topological polar surface area (TPSA) is 26.0 Å². The van der Waals surface area contributed by atoms with E-state index in [1.165, 1.54) is 6.07 Å². The second kappa shape index (κ2) is 4.14. The zero-order chi connectivity index (χ0) is 11.7. The minimum absolute atomic E-state index is 0.239. The average molecular weight is 236 g/mol. The second-order valence-corrected chi connectivity index (χ2v) is 4.08. The van der Waals surface area contributed by atoms with E-state index < -0.39 is 0 Å². The van der Waals surface area contributed by atoms with Crippen LogP contribution in [0.2, 0.25) is 5.02 Å². The van der Waals surface area contributed by atoms with E-state index in [2.05, 4.69) is 0 Å². The van der Waals surface area contributed by atoms with Crippen molar-refractivity contribution in [1.82, 2.24) is 0 Å². The van der Waals surface area contributed by atoms with Gasteiger partial charge in [0.2, 0.25) is 0 Å². The highest BCUT2D eigenvalue weighted by atomic mass is 35.5. The number of hydrogen-bond donors (Lipinski definition) is 1. The van der Waals surface area contributed by atoms with Crippen molar-refractivity contribution in [3.8, 4) is 11.1 Å². The Bertz CT molecular complexity index is 537. The van der Waals surface area contributed by atoms with E-state index in [9.17, 15) is 4.39 Å². The number of nitrogen functional groups attached to an aromatic ring is 1. The fourth-order valence-corrected chi connectivity index (χ4v) is 1.83. The van der Waals surface area contributed by atoms with E-state index in [1.807, 2.05) is 6.07 Å². The van der Waals surface area contributed by atoms with Gasteiger partial charge in [-0.1, -0.05) is 23.7 Å². The maximum atomic E-state index is 13.4. The molecule has 0 heterocycles. The maximum absolute atomic E-state index is 13.4. The van der Waals surface area contributed by atoms with Gasteiger partial charge in [-0.2, -0.15) is 0 Å². The molecule has 0 bridgehead atoms. The van der Waals surface area contributed by atoms with Gasteiger partial charge < -0.3 is 5.73 Å². The number of halogens is 2. The Hall–Kier alpha value is -1.54. The van der Waals surface area contributed by atoms with Crippen LogP contribution in [0.3, 0.4) is 0 Å². The fourth-order valence-electron chi connectivity index (χ4n) is 1.66. The van der Waals surface area contributed by atoms with Gasteiger partial charge in [-0.3, -0.25) is 0 Å². The van der Waals surface area contributed by atoms with Crippen LogP contribution in [0.4, 0.5) is 10.1 Å². The van der Waals surface area contributed by atoms with Gasteiger partial charge in [0.15, 0.2) is 0 Å². The highest BCUT2D eigenvalue weighted by Crippen LogP contribution is 2.31. The van der Waals surface area contributed by atoms with Gasteiger partial charge in [0.25, 0.3) is 0 Å². The largest absolute Gasteiger partial charge is 0.398 e. The zero-order valence-corrected chi connectivity index (χ0v) is 9.55. The van der Waals surface area contributed by atoms with Crippen molar-refractivity contribution >= 4 is 17.3 Å². The molecule has 0 fully saturated rings. The minimum atomic E-state index is -0.239. The Morgan fingerprint density at radius 2 is 1.88 bits per heavy atom. The quantitative estimate of drug-likeness (QED) is 0.742. The van der Waals surface area contributed by atoms with Crippen molar-refractivity contribution < 1.29 is 4.39 Å². The van der Waals surface area contributed by atoms with Crippen molar-refractivity contribution in [2.75, 3.05) is 5.73 Å². The molecule has 1 nitrogen and oxygen atoms in total. The van der Waals surface area contributed by atoms with Crippen molar-refractivity contribution in [3.05, 3.63) is 52.8 Å². The Labute approximate surface area is 98.7 Å². The summed E-state index contributed by atoms with van der Waals surface area (Å²) in [5.74, 6) is -0.239. The lowest BCUT2D eigenvalue weighted by Gasteiger charge is -2.10. The summed E-state index contributed by atoms with van der Waals surface area (Å²) >= 11 is 5.91. The third kappa shape index (κ3) is 1.89. The van der Waals surface area contributed by atoms with E-state index in [-0.39, 0.29) is 5.82 Å². The molecule has 0 aliphatic carbocycles. The molecule has 0 aromatic heterocycles. The highest BCUT2D eigenvalue weighted by Gasteiger charge is 2.09. The first kappa shape index (κ1) is 11.0. The van der Waals surface area contributed by atoms with Gasteiger partial charge in [-0.25, -0.2) is 4.39 Å². The smallest absolute Gasteiger partial charge is 0.126 e. The second-order valence-electron chi connectivity index (χ2n) is 3.64. The molecule has 0 saturated carbocycles. The van der Waals surface area contributed by atoms with E-state index in [1.54, 1.807) is 31.2 Å². The van der Waals surface area contributed by atoms with Crippen molar-refractivity contribution in [1.29, 1.82) is 0 Å². The number of anilines is 1. The van der Waals surface area contributed by atoms with Gasteiger partial charge in [0.05, 0.1) is 0 Å². The molecular weight excluding hydrogens is 225 g/mol. The summed E-state index contributed by atoms with van der Waals surface area (Å²) in [5.41, 5.74) is 8.58. The lowest BCUT2D eigenvalue weighted by atomic mass is 9.99. The molecule has 2 N–H and O–H groups in total. The molecule has 16 heavy (non-hydrogen) atoms. The van der Waals surface area contributed by atoms with Crippen LogP contribution in [0.5, 0.6) is 0 Å². The third-order valence-electron chi connectivity index (χ3n) is 2.57. The Balaban J connectivity index is 2.67. The van der Waals surface area contributed by atoms with Crippen LogP contribution in [-0.4, -0.2) is 0 Å². The minimum Gasteiger partial charge on any atom is -0.398 e. The summed E-state index contributed by atoms with van der Waals surface area (Å²) in [7, 11) is 0. The summed E-state index contributed by atoms with van der Waals surface area (Å²) in [5, 5.41) is 0.591. The standard InChI is InChI=1S/C13H11ClFN/c1-8-10(3-2-4-12(8)15)11-7-9(14)5-6-13(11)16/h2-7H,16H2,1H3. The van der Waals surface area contributed by atoms with Crippen LogP contribution >= 0.6 is 11.6 Å². The fraction of sp³-hybridized carbons (Fsp3) is 0.0769. The van der Waals surface area contributed by atoms with E-state index in [0.29, 0.717) is 16.3 Å². The molecule has 0 unspecified atom stereocenters. The summed E-state index contributed by atoms with van der Waals surface area (Å²) in [6.45, 7) is 1.73. The first-order valence-electron chi connectivity index (χ1n) is 4.90. The molecule has 0 amide bonds. The lowest BCUT2D eigenvalue weighted by molar-refractivity contribution is 0.619. The monoisotopic (exact) mass is 235 g/mol. The molecule has 0 saturated heterocycles. The molecule has 2 aromatic rings. The molecule has 0 spiro atoms. The summed E-state index contributed by atoms with van der Waals surface area (Å²) < 4.78 is 13.4. The first-order valence-corrected chi connectivity index (χ1v) is 5.28. The molecular formula is C13H11ClFN. The predicted octanol–water partition coefficient (Wildman–Crippen LogP) is 4.04. The summed E-state index contributed by atoms with van der Waals surface area (Å²) in [4.78, 5) is 0. The molecule has 2 rings (SSSR count). The maximum Gasteiger partial charge on any atom is 0.126 e. The van der Waals surface area contributed by atoms with Gasteiger partial charge in [0.1, 0.15) is 5.82 Å². The molecule has 3 heteroatoms. The number of nitrogens with two attached hydrogens (primary N) is 1. The van der Waals surface area contributed by atoms with Crippen molar-refractivity contribution in [2.24, 2.45) is 0 Å². The average Bonchev–Trinajstić information content (AvgIpc) is 2.26. The molecule has 82 valence electrons. The van der Waals surface area contributed by atoms with Gasteiger partial charge in [-0.15, -0.1) is 0 Å². The van der Waals surface area contributed by atoms with Crippen LogP contribution in [0.1, 0.15) is 5.56 Å². The third-order valence-corrected chi connectivity index (χ3v) is 2.81. The molecule has 0 aliphatic rings. The number of hydrogen-bond acceptors (Lipinski definition) is 1. The molecule has 0 aliphatic heterocycles. The highest BCUT2D eigenvalue weighted by molar-refractivity contribution is 6.31. The Morgan fingerprint density at radius 1 is 1.12 bits per heavy atom. The molecule has 2 aromatic carbocycles. The lowest BCUT2D eigenvalue weighted by Crippen LogP contribution is -1.93. The number of benzene rings is 2. The van der Waals surface area contributed by atoms with Crippen LogP contribution in [0, 0.1) is 12.7 Å². The van der Waals surface area contributed by atoms with Gasteiger partial charge >= 0.3 is 0 Å². The van der Waals surface area contributed by atoms with E-state index >= 15 is 0 Å². The summed E-state index contributed by atoms with van der Waals surface area (Å²) in [6, 6.07) is 10.1. The van der Waals surface area contributed by atoms with Crippen molar-refractivity contribution in [2.45, 2.75) is 6.92 Å². The SMILES string of the molecule is Cc1c(F)cccc1-c1cc(Cl)ccc1N. The van der Waals surface area contributed by atoms with Gasteiger partial charge in [-0.05, 0) is 42.3 Å². The van der Waals surface area contributed by atoms with E-state index in [4.69, 9.17) is 17.3 Å². The predicted molar refractivity (Wildman–Crippen MR) is 66.0 cm³/mol. The molecule has 0 radical (unpaired) electrons. The van der Waals surface area contributed by atoms with Crippen LogP contribution in [0.25, 0.3) is 11.1 Å². The van der Waals surface area contributed by atoms with Crippen LogP contribution in [0.15, 0.2) is 36.4 Å². The first-order chi connectivity index (χ1) is 7.59.